The second kappa shape index (κ2) is 7.57. The summed E-state index contributed by atoms with van der Waals surface area (Å²) in [5, 5.41) is 3.51. The second-order valence-electron chi connectivity index (χ2n) is 7.51. The minimum absolute atomic E-state index is 0.194. The number of hydrogen-bond donors (Lipinski definition) is 1. The van der Waals surface area contributed by atoms with Crippen LogP contribution in [0.15, 0.2) is 23.0 Å². The number of ether oxygens (including phenoxy) is 2. The van der Waals surface area contributed by atoms with Gasteiger partial charge in [-0.05, 0) is 46.6 Å². The number of rotatable bonds is 5. The van der Waals surface area contributed by atoms with E-state index in [1.807, 2.05) is 26.8 Å². The molecule has 1 saturated heterocycles. The highest BCUT2D eigenvalue weighted by Gasteiger charge is 2.37. The van der Waals surface area contributed by atoms with Crippen molar-refractivity contribution >= 4 is 6.09 Å². The van der Waals surface area contributed by atoms with Gasteiger partial charge < -0.3 is 24.1 Å². The van der Waals surface area contributed by atoms with E-state index in [-0.39, 0.29) is 17.7 Å². The number of carbonyl (C=O) groups is 1. The standard InChI is InChI=1S/C18H30N2O4/c1-14(15-6-11-23-12-15)19-13-18(22-5)7-9-20(10-8-18)16(21)24-17(2,3)4/h6,11-12,14,19H,7-10,13H2,1-5H3. The fraction of sp³-hybridized carbons (Fsp3) is 0.722. The minimum Gasteiger partial charge on any atom is -0.472 e. The van der Waals surface area contributed by atoms with Gasteiger partial charge >= 0.3 is 6.09 Å². The first-order chi connectivity index (χ1) is 11.2. The lowest BCUT2D eigenvalue weighted by Crippen LogP contribution is -2.53. The van der Waals surface area contributed by atoms with Gasteiger partial charge in [-0.25, -0.2) is 4.79 Å². The Morgan fingerprint density at radius 1 is 1.42 bits per heavy atom. The minimum atomic E-state index is -0.464. The summed E-state index contributed by atoms with van der Waals surface area (Å²) in [7, 11) is 1.74. The highest BCUT2D eigenvalue weighted by molar-refractivity contribution is 5.68. The molecule has 0 saturated carbocycles. The summed E-state index contributed by atoms with van der Waals surface area (Å²) < 4.78 is 16.4. The van der Waals surface area contributed by atoms with Crippen LogP contribution in [0.1, 0.15) is 52.1 Å². The molecule has 1 fully saturated rings. The Morgan fingerprint density at radius 3 is 2.58 bits per heavy atom. The predicted octanol–water partition coefficient (Wildman–Crippen LogP) is 3.35. The van der Waals surface area contributed by atoms with Crippen molar-refractivity contribution in [2.75, 3.05) is 26.7 Å². The van der Waals surface area contributed by atoms with Crippen LogP contribution in [0.5, 0.6) is 0 Å². The van der Waals surface area contributed by atoms with E-state index in [0.29, 0.717) is 13.1 Å². The molecule has 1 atom stereocenters. The van der Waals surface area contributed by atoms with E-state index < -0.39 is 5.60 Å². The first-order valence-electron chi connectivity index (χ1n) is 8.53. The molecule has 0 spiro atoms. The summed E-state index contributed by atoms with van der Waals surface area (Å²) in [5.74, 6) is 0. The molecule has 1 unspecified atom stereocenters. The van der Waals surface area contributed by atoms with E-state index in [2.05, 4.69) is 12.2 Å². The van der Waals surface area contributed by atoms with E-state index in [4.69, 9.17) is 13.9 Å². The van der Waals surface area contributed by atoms with Crippen molar-refractivity contribution in [2.24, 2.45) is 0 Å². The summed E-state index contributed by atoms with van der Waals surface area (Å²) in [6.45, 7) is 9.78. The van der Waals surface area contributed by atoms with E-state index in [0.717, 1.165) is 24.9 Å². The molecule has 6 nitrogen and oxygen atoms in total. The van der Waals surface area contributed by atoms with Crippen molar-refractivity contribution < 1.29 is 18.7 Å². The van der Waals surface area contributed by atoms with Crippen LogP contribution in [0, 0.1) is 0 Å². The van der Waals surface area contributed by atoms with Crippen molar-refractivity contribution in [3.8, 4) is 0 Å². The van der Waals surface area contributed by atoms with Crippen LogP contribution in [0.3, 0.4) is 0 Å². The molecule has 0 bridgehead atoms. The van der Waals surface area contributed by atoms with Crippen LogP contribution in [0.4, 0.5) is 4.79 Å². The summed E-state index contributed by atoms with van der Waals surface area (Å²) in [4.78, 5) is 13.9. The van der Waals surface area contributed by atoms with Crippen LogP contribution in [0.25, 0.3) is 0 Å². The van der Waals surface area contributed by atoms with Gasteiger partial charge in [0.2, 0.25) is 0 Å². The molecule has 1 aliphatic heterocycles. The van der Waals surface area contributed by atoms with Crippen molar-refractivity contribution in [3.05, 3.63) is 24.2 Å². The molecule has 1 N–H and O–H groups in total. The lowest BCUT2D eigenvalue weighted by molar-refractivity contribution is -0.0597. The molecule has 1 aromatic rings. The van der Waals surface area contributed by atoms with Crippen LogP contribution in [-0.4, -0.2) is 48.9 Å². The van der Waals surface area contributed by atoms with E-state index >= 15 is 0 Å². The van der Waals surface area contributed by atoms with Gasteiger partial charge in [0.1, 0.15) is 5.60 Å². The average Bonchev–Trinajstić information content (AvgIpc) is 3.06. The van der Waals surface area contributed by atoms with Crippen LogP contribution in [0.2, 0.25) is 0 Å². The molecule has 24 heavy (non-hydrogen) atoms. The molecule has 0 aromatic carbocycles. The number of carbonyl (C=O) groups excluding carboxylic acids is 1. The van der Waals surface area contributed by atoms with Crippen LogP contribution < -0.4 is 5.32 Å². The molecular formula is C18H30N2O4. The molecule has 0 aliphatic carbocycles. The molecule has 2 rings (SSSR count). The summed E-state index contributed by atoms with van der Waals surface area (Å²) in [6.07, 6.45) is 4.76. The number of furan rings is 1. The molecule has 6 heteroatoms. The van der Waals surface area contributed by atoms with E-state index in [1.54, 1.807) is 24.5 Å². The number of amides is 1. The lowest BCUT2D eigenvalue weighted by atomic mass is 9.90. The predicted molar refractivity (Wildman–Crippen MR) is 91.9 cm³/mol. The van der Waals surface area contributed by atoms with Gasteiger partial charge in [0.05, 0.1) is 18.1 Å². The Labute approximate surface area is 144 Å². The van der Waals surface area contributed by atoms with Gasteiger partial charge in [0.25, 0.3) is 0 Å². The summed E-state index contributed by atoms with van der Waals surface area (Å²) in [5.41, 5.74) is 0.401. The molecule has 2 heterocycles. The molecule has 0 radical (unpaired) electrons. The van der Waals surface area contributed by atoms with Gasteiger partial charge in [-0.15, -0.1) is 0 Å². The van der Waals surface area contributed by atoms with Crippen LogP contribution >= 0.6 is 0 Å². The van der Waals surface area contributed by atoms with Gasteiger partial charge in [-0.1, -0.05) is 0 Å². The van der Waals surface area contributed by atoms with Crippen molar-refractivity contribution in [1.82, 2.24) is 10.2 Å². The Hall–Kier alpha value is -1.53. The third-order valence-electron chi connectivity index (χ3n) is 4.53. The van der Waals surface area contributed by atoms with Crippen molar-refractivity contribution in [2.45, 2.75) is 57.8 Å². The summed E-state index contributed by atoms with van der Waals surface area (Å²) >= 11 is 0. The second-order valence-corrected chi connectivity index (χ2v) is 7.51. The number of piperidine rings is 1. The monoisotopic (exact) mass is 338 g/mol. The highest BCUT2D eigenvalue weighted by atomic mass is 16.6. The molecule has 1 amide bonds. The van der Waals surface area contributed by atoms with Gasteiger partial charge in [-0.2, -0.15) is 0 Å². The quantitative estimate of drug-likeness (QED) is 0.892. The van der Waals surface area contributed by atoms with Gasteiger partial charge in [0.15, 0.2) is 0 Å². The number of nitrogens with one attached hydrogen (secondary N) is 1. The molecule has 1 aliphatic rings. The maximum absolute atomic E-state index is 12.2. The average molecular weight is 338 g/mol. The highest BCUT2D eigenvalue weighted by Crippen LogP contribution is 2.27. The number of methoxy groups -OCH3 is 1. The zero-order valence-electron chi connectivity index (χ0n) is 15.4. The fourth-order valence-corrected chi connectivity index (χ4v) is 2.85. The largest absolute Gasteiger partial charge is 0.472 e. The lowest BCUT2D eigenvalue weighted by Gasteiger charge is -2.41. The number of hydrogen-bond acceptors (Lipinski definition) is 5. The van der Waals surface area contributed by atoms with Crippen LogP contribution in [-0.2, 0) is 9.47 Å². The number of likely N-dealkylation sites (tertiary alicyclic amines) is 1. The Balaban J connectivity index is 1.86. The maximum Gasteiger partial charge on any atom is 0.410 e. The zero-order valence-corrected chi connectivity index (χ0v) is 15.4. The number of nitrogens with zero attached hydrogens (tertiary/aromatic N) is 1. The molecular weight excluding hydrogens is 308 g/mol. The van der Waals surface area contributed by atoms with Crippen molar-refractivity contribution in [3.63, 3.8) is 0 Å². The zero-order chi connectivity index (χ0) is 17.8. The fourth-order valence-electron chi connectivity index (χ4n) is 2.85. The first-order valence-corrected chi connectivity index (χ1v) is 8.53. The Bertz CT molecular complexity index is 514. The Morgan fingerprint density at radius 2 is 2.08 bits per heavy atom. The third kappa shape index (κ3) is 4.98. The topological polar surface area (TPSA) is 63.9 Å². The summed E-state index contributed by atoms with van der Waals surface area (Å²) in [6, 6.07) is 2.15. The SMILES string of the molecule is COC1(CNC(C)c2ccoc2)CCN(C(=O)OC(C)(C)C)CC1. The van der Waals surface area contributed by atoms with E-state index in [9.17, 15) is 4.79 Å². The maximum atomic E-state index is 12.2. The first kappa shape index (κ1) is 18.8. The van der Waals surface area contributed by atoms with Gasteiger partial charge in [-0.3, -0.25) is 0 Å². The molecule has 1 aromatic heterocycles. The van der Waals surface area contributed by atoms with Gasteiger partial charge in [0, 0.05) is 38.3 Å². The van der Waals surface area contributed by atoms with E-state index in [1.165, 1.54) is 0 Å². The molecule has 136 valence electrons. The smallest absolute Gasteiger partial charge is 0.410 e. The van der Waals surface area contributed by atoms with Crippen molar-refractivity contribution in [1.29, 1.82) is 0 Å². The Kier molecular flexibility index (Phi) is 5.93. The third-order valence-corrected chi connectivity index (χ3v) is 4.53. The normalized spacial score (nSPS) is 19.1.